The summed E-state index contributed by atoms with van der Waals surface area (Å²) < 4.78 is 0. The average molecular weight is 244 g/mol. The lowest BCUT2D eigenvalue weighted by Gasteiger charge is -1.98. The highest BCUT2D eigenvalue weighted by Crippen LogP contribution is 2.28. The van der Waals surface area contributed by atoms with Gasteiger partial charge in [-0.3, -0.25) is 4.98 Å². The van der Waals surface area contributed by atoms with Crippen LogP contribution in [-0.2, 0) is 0 Å². The standard InChI is InChI=1S/C17H12N2/c1-2-5-12(6-3-1)15-11-14-9-8-13-7-4-10-18-16(13)17(14)19-15/h1-11,19H. The number of aromatic nitrogens is 2. The van der Waals surface area contributed by atoms with Crippen LogP contribution < -0.4 is 0 Å². The zero-order valence-corrected chi connectivity index (χ0v) is 10.3. The second kappa shape index (κ2) is 3.95. The molecule has 0 unspecified atom stereocenters. The van der Waals surface area contributed by atoms with Crippen LogP contribution in [0.4, 0.5) is 0 Å². The van der Waals surface area contributed by atoms with Gasteiger partial charge in [0.25, 0.3) is 0 Å². The molecule has 1 N–H and O–H groups in total. The molecular weight excluding hydrogens is 232 g/mol. The number of nitrogens with one attached hydrogen (secondary N) is 1. The van der Waals surface area contributed by atoms with Crippen LogP contribution >= 0.6 is 0 Å². The lowest BCUT2D eigenvalue weighted by Crippen LogP contribution is -1.80. The van der Waals surface area contributed by atoms with Gasteiger partial charge in [0.05, 0.1) is 11.0 Å². The summed E-state index contributed by atoms with van der Waals surface area (Å²) >= 11 is 0. The molecule has 0 atom stereocenters. The van der Waals surface area contributed by atoms with Crippen molar-refractivity contribution in [3.8, 4) is 11.3 Å². The number of fused-ring (bicyclic) bond motifs is 3. The number of hydrogen-bond acceptors (Lipinski definition) is 1. The number of H-pyrrole nitrogens is 1. The van der Waals surface area contributed by atoms with Crippen LogP contribution in [0.1, 0.15) is 0 Å². The van der Waals surface area contributed by atoms with Crippen LogP contribution in [0.15, 0.2) is 66.9 Å². The van der Waals surface area contributed by atoms with Gasteiger partial charge in [0.2, 0.25) is 0 Å². The van der Waals surface area contributed by atoms with Gasteiger partial charge < -0.3 is 4.98 Å². The van der Waals surface area contributed by atoms with Crippen molar-refractivity contribution in [1.29, 1.82) is 0 Å². The molecule has 4 aromatic rings. The predicted octanol–water partition coefficient (Wildman–Crippen LogP) is 4.38. The molecule has 4 rings (SSSR count). The van der Waals surface area contributed by atoms with Crippen molar-refractivity contribution in [2.45, 2.75) is 0 Å². The number of hydrogen-bond donors (Lipinski definition) is 1. The van der Waals surface area contributed by atoms with E-state index in [2.05, 4.69) is 58.5 Å². The van der Waals surface area contributed by atoms with Gasteiger partial charge >= 0.3 is 0 Å². The highest BCUT2D eigenvalue weighted by Gasteiger charge is 2.06. The summed E-state index contributed by atoms with van der Waals surface area (Å²) in [5.74, 6) is 0. The fourth-order valence-corrected chi connectivity index (χ4v) is 2.51. The minimum atomic E-state index is 1.03. The highest BCUT2D eigenvalue weighted by molar-refractivity contribution is 6.04. The van der Waals surface area contributed by atoms with Crippen molar-refractivity contribution >= 4 is 21.8 Å². The topological polar surface area (TPSA) is 28.7 Å². The van der Waals surface area contributed by atoms with Gasteiger partial charge in [0, 0.05) is 22.7 Å². The van der Waals surface area contributed by atoms with E-state index in [9.17, 15) is 0 Å². The van der Waals surface area contributed by atoms with Crippen LogP contribution in [0, 0.1) is 0 Å². The third-order valence-electron chi connectivity index (χ3n) is 3.45. The SMILES string of the molecule is c1ccc(-c2cc3ccc4cccnc4c3[nH]2)cc1. The van der Waals surface area contributed by atoms with E-state index in [0.717, 1.165) is 22.1 Å². The monoisotopic (exact) mass is 244 g/mol. The Balaban J connectivity index is 2.04. The first-order chi connectivity index (χ1) is 9.42. The number of pyridine rings is 1. The molecule has 0 radical (unpaired) electrons. The van der Waals surface area contributed by atoms with Crippen LogP contribution in [0.2, 0.25) is 0 Å². The smallest absolute Gasteiger partial charge is 0.0942 e. The van der Waals surface area contributed by atoms with Crippen molar-refractivity contribution in [2.24, 2.45) is 0 Å². The number of nitrogens with zero attached hydrogens (tertiary/aromatic N) is 1. The highest BCUT2D eigenvalue weighted by atomic mass is 14.8. The molecule has 19 heavy (non-hydrogen) atoms. The van der Waals surface area contributed by atoms with Crippen molar-refractivity contribution in [3.05, 3.63) is 66.9 Å². The molecule has 0 spiro atoms. The first-order valence-corrected chi connectivity index (χ1v) is 6.34. The molecule has 2 nitrogen and oxygen atoms in total. The minimum absolute atomic E-state index is 1.03. The molecule has 0 amide bonds. The minimum Gasteiger partial charge on any atom is -0.353 e. The van der Waals surface area contributed by atoms with Crippen LogP contribution in [-0.4, -0.2) is 9.97 Å². The molecule has 2 heteroatoms. The van der Waals surface area contributed by atoms with Crippen LogP contribution in [0.5, 0.6) is 0 Å². The molecule has 0 aliphatic carbocycles. The molecule has 0 saturated carbocycles. The molecule has 0 aliphatic heterocycles. The first-order valence-electron chi connectivity index (χ1n) is 6.34. The maximum Gasteiger partial charge on any atom is 0.0942 e. The second-order valence-corrected chi connectivity index (χ2v) is 4.65. The van der Waals surface area contributed by atoms with E-state index in [1.165, 1.54) is 10.9 Å². The molecule has 2 heterocycles. The maximum atomic E-state index is 4.49. The van der Waals surface area contributed by atoms with Crippen LogP contribution in [0.3, 0.4) is 0 Å². The summed E-state index contributed by atoms with van der Waals surface area (Å²) in [5.41, 5.74) is 4.47. The van der Waals surface area contributed by atoms with Crippen LogP contribution in [0.25, 0.3) is 33.1 Å². The van der Waals surface area contributed by atoms with Gasteiger partial charge in [-0.15, -0.1) is 0 Å². The third kappa shape index (κ3) is 1.61. The molecule has 0 fully saturated rings. The van der Waals surface area contributed by atoms with Gasteiger partial charge in [-0.2, -0.15) is 0 Å². The van der Waals surface area contributed by atoms with Gasteiger partial charge in [0.1, 0.15) is 0 Å². The summed E-state index contributed by atoms with van der Waals surface area (Å²) in [5, 5.41) is 2.36. The predicted molar refractivity (Wildman–Crippen MR) is 79.0 cm³/mol. The number of rotatable bonds is 1. The van der Waals surface area contributed by atoms with Crippen molar-refractivity contribution in [3.63, 3.8) is 0 Å². The quantitative estimate of drug-likeness (QED) is 0.528. The van der Waals surface area contributed by atoms with E-state index in [1.807, 2.05) is 18.3 Å². The Morgan fingerprint density at radius 1 is 0.789 bits per heavy atom. The zero-order chi connectivity index (χ0) is 12.7. The molecule has 2 aromatic heterocycles. The summed E-state index contributed by atoms with van der Waals surface area (Å²) in [6.07, 6.45) is 1.84. The third-order valence-corrected chi connectivity index (χ3v) is 3.45. The first kappa shape index (κ1) is 10.3. The van der Waals surface area contributed by atoms with Crippen molar-refractivity contribution in [2.75, 3.05) is 0 Å². The average Bonchev–Trinajstić information content (AvgIpc) is 2.93. The van der Waals surface area contributed by atoms with Gasteiger partial charge in [-0.1, -0.05) is 48.5 Å². The van der Waals surface area contributed by atoms with Gasteiger partial charge in [0.15, 0.2) is 0 Å². The van der Waals surface area contributed by atoms with E-state index < -0.39 is 0 Å². The summed E-state index contributed by atoms with van der Waals surface area (Å²) in [6.45, 7) is 0. The molecule has 0 aliphatic rings. The summed E-state index contributed by atoms with van der Waals surface area (Å²) in [6, 6.07) is 20.9. The van der Waals surface area contributed by atoms with E-state index in [0.29, 0.717) is 0 Å². The molecular formula is C17H12N2. The Morgan fingerprint density at radius 2 is 1.63 bits per heavy atom. The fourth-order valence-electron chi connectivity index (χ4n) is 2.51. The lowest BCUT2D eigenvalue weighted by atomic mass is 10.1. The Hall–Kier alpha value is -2.61. The fraction of sp³-hybridized carbons (Fsp3) is 0. The Kier molecular flexibility index (Phi) is 2.15. The second-order valence-electron chi connectivity index (χ2n) is 4.65. The Morgan fingerprint density at radius 3 is 2.53 bits per heavy atom. The van der Waals surface area contributed by atoms with E-state index in [1.54, 1.807) is 0 Å². The van der Waals surface area contributed by atoms with E-state index in [-0.39, 0.29) is 0 Å². The van der Waals surface area contributed by atoms with E-state index >= 15 is 0 Å². The number of aromatic amines is 1. The Bertz CT molecular complexity index is 860. The molecule has 90 valence electrons. The maximum absolute atomic E-state index is 4.49. The molecule has 2 aromatic carbocycles. The molecule has 0 saturated heterocycles. The normalized spacial score (nSPS) is 11.2. The zero-order valence-electron chi connectivity index (χ0n) is 10.3. The molecule has 0 bridgehead atoms. The van der Waals surface area contributed by atoms with Crippen molar-refractivity contribution < 1.29 is 0 Å². The summed E-state index contributed by atoms with van der Waals surface area (Å²) in [7, 11) is 0. The van der Waals surface area contributed by atoms with Crippen molar-refractivity contribution in [1.82, 2.24) is 9.97 Å². The largest absolute Gasteiger partial charge is 0.353 e. The summed E-state index contributed by atoms with van der Waals surface area (Å²) in [4.78, 5) is 7.98. The number of benzene rings is 2. The van der Waals surface area contributed by atoms with Gasteiger partial charge in [-0.25, -0.2) is 0 Å². The Labute approximate surface area is 110 Å². The van der Waals surface area contributed by atoms with Gasteiger partial charge in [-0.05, 0) is 17.7 Å². The van der Waals surface area contributed by atoms with E-state index in [4.69, 9.17) is 0 Å². The lowest BCUT2D eigenvalue weighted by molar-refractivity contribution is 1.40.